The fourth-order valence-corrected chi connectivity index (χ4v) is 3.98. The molecule has 22 heavy (non-hydrogen) atoms. The second kappa shape index (κ2) is 6.76. The average Bonchev–Trinajstić information content (AvgIpc) is 3.26. The highest BCUT2D eigenvalue weighted by Crippen LogP contribution is 2.31. The zero-order valence-corrected chi connectivity index (χ0v) is 13.7. The summed E-state index contributed by atoms with van der Waals surface area (Å²) in [5.41, 5.74) is 0.873. The number of rotatable bonds is 8. The predicted molar refractivity (Wildman–Crippen MR) is 83.7 cm³/mol. The summed E-state index contributed by atoms with van der Waals surface area (Å²) >= 11 is 0. The third-order valence-corrected chi connectivity index (χ3v) is 4.88. The van der Waals surface area contributed by atoms with Gasteiger partial charge in [0.05, 0.1) is 6.26 Å². The van der Waals surface area contributed by atoms with Crippen molar-refractivity contribution >= 4 is 16.0 Å². The molecule has 1 atom stereocenters. The Kier molecular flexibility index (Phi) is 5.20. The van der Waals surface area contributed by atoms with E-state index in [9.17, 15) is 18.3 Å². The van der Waals surface area contributed by atoms with Gasteiger partial charge in [-0.25, -0.2) is 13.4 Å². The summed E-state index contributed by atoms with van der Waals surface area (Å²) in [6.45, 7) is 2.11. The topological polar surface area (TPSA) is 77.9 Å². The lowest BCUT2D eigenvalue weighted by Gasteiger charge is -2.36. The summed E-state index contributed by atoms with van der Waals surface area (Å²) < 4.78 is 25.4. The van der Waals surface area contributed by atoms with Crippen molar-refractivity contribution in [1.82, 2.24) is 9.42 Å². The van der Waals surface area contributed by atoms with Gasteiger partial charge in [0.1, 0.15) is 6.04 Å². The molecule has 1 saturated carbocycles. The van der Waals surface area contributed by atoms with Crippen molar-refractivity contribution in [3.05, 3.63) is 35.9 Å². The maximum atomic E-state index is 12.1. The molecule has 0 bridgehead atoms. The van der Waals surface area contributed by atoms with Gasteiger partial charge in [-0.05, 0) is 18.4 Å². The number of hydrogen-bond donors (Lipinski definition) is 1. The highest BCUT2D eigenvalue weighted by atomic mass is 32.2. The number of aliphatic carboxylic acids is 1. The molecule has 0 amide bonds. The van der Waals surface area contributed by atoms with Crippen LogP contribution in [0.4, 0.5) is 0 Å². The first kappa shape index (κ1) is 16.9. The molecule has 0 heterocycles. The Morgan fingerprint density at radius 3 is 2.32 bits per heavy atom. The van der Waals surface area contributed by atoms with Gasteiger partial charge in [0, 0.05) is 19.0 Å². The van der Waals surface area contributed by atoms with E-state index in [0.717, 1.165) is 24.7 Å². The summed E-state index contributed by atoms with van der Waals surface area (Å²) in [4.78, 5) is 11.7. The van der Waals surface area contributed by atoms with Crippen molar-refractivity contribution < 1.29 is 18.3 Å². The van der Waals surface area contributed by atoms with Crippen molar-refractivity contribution in [1.29, 1.82) is 0 Å². The third kappa shape index (κ3) is 4.06. The molecule has 1 aliphatic rings. The van der Waals surface area contributed by atoms with Crippen molar-refractivity contribution in [2.75, 3.05) is 12.8 Å². The van der Waals surface area contributed by atoms with Gasteiger partial charge in [0.15, 0.2) is 0 Å². The minimum atomic E-state index is -3.49. The van der Waals surface area contributed by atoms with Gasteiger partial charge in [-0.3, -0.25) is 4.79 Å². The zero-order valence-electron chi connectivity index (χ0n) is 12.8. The first-order valence-corrected chi connectivity index (χ1v) is 9.22. The highest BCUT2D eigenvalue weighted by molar-refractivity contribution is 7.88. The molecule has 0 spiro atoms. The number of carbonyl (C=O) groups is 1. The molecule has 1 fully saturated rings. The lowest BCUT2D eigenvalue weighted by molar-refractivity contribution is -0.148. The fourth-order valence-electron chi connectivity index (χ4n) is 2.62. The first-order chi connectivity index (χ1) is 10.3. The Morgan fingerprint density at radius 2 is 1.91 bits per heavy atom. The van der Waals surface area contributed by atoms with Crippen LogP contribution in [0.2, 0.25) is 0 Å². The molecule has 7 heteroatoms. The van der Waals surface area contributed by atoms with E-state index in [2.05, 4.69) is 0 Å². The summed E-state index contributed by atoms with van der Waals surface area (Å²) in [5, 5.41) is 11.1. The van der Waals surface area contributed by atoms with E-state index in [1.54, 1.807) is 6.92 Å². The molecule has 0 aliphatic heterocycles. The van der Waals surface area contributed by atoms with Crippen LogP contribution in [0, 0.1) is 0 Å². The van der Waals surface area contributed by atoms with Crippen molar-refractivity contribution in [3.63, 3.8) is 0 Å². The number of carboxylic acid groups (broad SMARTS) is 1. The quantitative estimate of drug-likeness (QED) is 0.730. The number of likely N-dealkylation sites (N-methyl/N-ethyl adjacent to an activating group) is 1. The molecule has 0 aromatic heterocycles. The summed E-state index contributed by atoms with van der Waals surface area (Å²) in [6, 6.07) is 8.26. The van der Waals surface area contributed by atoms with E-state index in [1.165, 1.54) is 9.42 Å². The second-order valence-corrected chi connectivity index (χ2v) is 7.41. The van der Waals surface area contributed by atoms with Crippen LogP contribution in [0.25, 0.3) is 0 Å². The van der Waals surface area contributed by atoms with E-state index < -0.39 is 22.0 Å². The SMILES string of the molecule is CCN([C@@H](Cc1ccccc1)C(=O)O)N(C1CC1)S(C)(=O)=O. The maximum Gasteiger partial charge on any atom is 0.322 e. The van der Waals surface area contributed by atoms with Crippen LogP contribution in [-0.4, -0.2) is 53.8 Å². The average molecular weight is 326 g/mol. The number of sulfonamides is 1. The molecule has 0 unspecified atom stereocenters. The minimum Gasteiger partial charge on any atom is -0.480 e. The van der Waals surface area contributed by atoms with E-state index in [-0.39, 0.29) is 12.5 Å². The molecule has 1 aromatic carbocycles. The van der Waals surface area contributed by atoms with Gasteiger partial charge in [-0.1, -0.05) is 37.3 Å². The number of nitrogens with zero attached hydrogens (tertiary/aromatic N) is 2. The lowest BCUT2D eigenvalue weighted by atomic mass is 10.1. The molecule has 1 N–H and O–H groups in total. The smallest absolute Gasteiger partial charge is 0.322 e. The van der Waals surface area contributed by atoms with Gasteiger partial charge < -0.3 is 5.11 Å². The van der Waals surface area contributed by atoms with Crippen LogP contribution in [0.15, 0.2) is 30.3 Å². The van der Waals surface area contributed by atoms with Crippen LogP contribution in [0.3, 0.4) is 0 Å². The Morgan fingerprint density at radius 1 is 1.32 bits per heavy atom. The van der Waals surface area contributed by atoms with E-state index in [0.29, 0.717) is 6.54 Å². The second-order valence-electron chi connectivity index (χ2n) is 5.57. The van der Waals surface area contributed by atoms with E-state index in [4.69, 9.17) is 0 Å². The van der Waals surface area contributed by atoms with Crippen molar-refractivity contribution in [3.8, 4) is 0 Å². The van der Waals surface area contributed by atoms with Crippen molar-refractivity contribution in [2.45, 2.75) is 38.3 Å². The molecule has 1 aromatic rings. The molecule has 6 nitrogen and oxygen atoms in total. The van der Waals surface area contributed by atoms with Crippen molar-refractivity contribution in [2.24, 2.45) is 0 Å². The van der Waals surface area contributed by atoms with Gasteiger partial charge in [0.25, 0.3) is 0 Å². The van der Waals surface area contributed by atoms with E-state index in [1.807, 2.05) is 30.3 Å². The molecule has 122 valence electrons. The number of hydrazine groups is 1. The minimum absolute atomic E-state index is 0.104. The number of hydrogen-bond acceptors (Lipinski definition) is 4. The first-order valence-electron chi connectivity index (χ1n) is 7.37. The van der Waals surface area contributed by atoms with Gasteiger partial charge in [0.2, 0.25) is 10.0 Å². The Hall–Kier alpha value is -1.44. The Labute approximate surface area is 131 Å². The van der Waals surface area contributed by atoms with Crippen LogP contribution >= 0.6 is 0 Å². The third-order valence-electron chi connectivity index (χ3n) is 3.69. The standard InChI is InChI=1S/C15H22N2O4S/c1-3-16(17(13-9-10-13)22(2,20)21)14(15(18)19)11-12-7-5-4-6-8-12/h4-8,13-14H,3,9-11H2,1-2H3,(H,18,19)/t14-/m0/s1. The number of benzene rings is 1. The molecule has 0 saturated heterocycles. The summed E-state index contributed by atoms with van der Waals surface area (Å²) in [5.74, 6) is -1.01. The fraction of sp³-hybridized carbons (Fsp3) is 0.533. The summed E-state index contributed by atoms with van der Waals surface area (Å²) in [6.07, 6.45) is 2.96. The Bertz CT molecular complexity index is 614. The molecule has 0 radical (unpaired) electrons. The zero-order chi connectivity index (χ0) is 16.3. The molecular formula is C15H22N2O4S. The Balaban J connectivity index is 2.29. The lowest BCUT2D eigenvalue weighted by Crippen LogP contribution is -2.55. The van der Waals surface area contributed by atoms with Gasteiger partial charge in [-0.2, -0.15) is 0 Å². The predicted octanol–water partition coefficient (Wildman–Crippen LogP) is 1.34. The number of carboxylic acids is 1. The van der Waals surface area contributed by atoms with Crippen LogP contribution in [0.1, 0.15) is 25.3 Å². The highest BCUT2D eigenvalue weighted by Gasteiger charge is 2.42. The molecule has 2 rings (SSSR count). The molecule has 1 aliphatic carbocycles. The summed E-state index contributed by atoms with van der Waals surface area (Å²) in [7, 11) is -3.49. The van der Waals surface area contributed by atoms with Crippen LogP contribution < -0.4 is 0 Å². The van der Waals surface area contributed by atoms with E-state index >= 15 is 0 Å². The largest absolute Gasteiger partial charge is 0.480 e. The molecular weight excluding hydrogens is 304 g/mol. The van der Waals surface area contributed by atoms with Gasteiger partial charge >= 0.3 is 5.97 Å². The maximum absolute atomic E-state index is 12.1. The normalized spacial score (nSPS) is 16.9. The van der Waals surface area contributed by atoms with Crippen LogP contribution in [-0.2, 0) is 21.2 Å². The monoisotopic (exact) mass is 326 g/mol. The van der Waals surface area contributed by atoms with Gasteiger partial charge in [-0.15, -0.1) is 4.41 Å². The van der Waals surface area contributed by atoms with Crippen LogP contribution in [0.5, 0.6) is 0 Å².